The fraction of sp³-hybridized carbons (Fsp3) is 0.278. The Labute approximate surface area is 147 Å². The molecular formula is C18H22N4O3. The van der Waals surface area contributed by atoms with E-state index in [-0.39, 0.29) is 5.91 Å². The van der Waals surface area contributed by atoms with E-state index >= 15 is 0 Å². The van der Waals surface area contributed by atoms with Crippen molar-refractivity contribution < 1.29 is 14.3 Å². The summed E-state index contributed by atoms with van der Waals surface area (Å²) in [6.07, 6.45) is 5.36. The van der Waals surface area contributed by atoms with Crippen molar-refractivity contribution in [2.45, 2.75) is 6.42 Å². The second kappa shape index (κ2) is 9.27. The number of rotatable bonds is 9. The highest BCUT2D eigenvalue weighted by molar-refractivity contribution is 5.93. The van der Waals surface area contributed by atoms with E-state index in [9.17, 15) is 4.79 Å². The van der Waals surface area contributed by atoms with Crippen molar-refractivity contribution >= 4 is 11.9 Å². The maximum atomic E-state index is 12.1. The summed E-state index contributed by atoms with van der Waals surface area (Å²) in [6, 6.07) is 5.68. The quantitative estimate of drug-likeness (QED) is 0.679. The first-order valence-corrected chi connectivity index (χ1v) is 7.84. The van der Waals surface area contributed by atoms with E-state index in [1.165, 1.54) is 12.4 Å². The van der Waals surface area contributed by atoms with Crippen molar-refractivity contribution in [3.63, 3.8) is 0 Å². The van der Waals surface area contributed by atoms with Crippen LogP contribution < -0.4 is 20.1 Å². The lowest BCUT2D eigenvalue weighted by Gasteiger charge is -2.10. The summed E-state index contributed by atoms with van der Waals surface area (Å²) in [5.74, 6) is 1.59. The Kier molecular flexibility index (Phi) is 6.76. The first-order chi connectivity index (χ1) is 12.2. The van der Waals surface area contributed by atoms with Crippen molar-refractivity contribution in [2.75, 3.05) is 32.6 Å². The van der Waals surface area contributed by atoms with Gasteiger partial charge in [-0.15, -0.1) is 6.58 Å². The zero-order chi connectivity index (χ0) is 18.1. The number of carbonyl (C=O) groups excluding carboxylic acids is 1. The number of methoxy groups -OCH3 is 2. The third-order valence-corrected chi connectivity index (χ3v) is 3.47. The molecule has 2 N–H and O–H groups in total. The van der Waals surface area contributed by atoms with Gasteiger partial charge in [0.05, 0.1) is 19.8 Å². The van der Waals surface area contributed by atoms with Gasteiger partial charge in [-0.25, -0.2) is 9.97 Å². The molecule has 2 rings (SSSR count). The van der Waals surface area contributed by atoms with Crippen molar-refractivity contribution in [1.82, 2.24) is 15.3 Å². The average molecular weight is 342 g/mol. The van der Waals surface area contributed by atoms with Crippen LogP contribution in [0.15, 0.2) is 43.2 Å². The summed E-state index contributed by atoms with van der Waals surface area (Å²) in [5, 5.41) is 5.80. The molecular weight excluding hydrogens is 320 g/mol. The SMILES string of the molecule is C=CCNc1ncc(C(=O)NCCc2ccc(OC)c(OC)c2)cn1. The predicted molar refractivity (Wildman–Crippen MR) is 96.3 cm³/mol. The molecule has 0 radical (unpaired) electrons. The molecule has 25 heavy (non-hydrogen) atoms. The smallest absolute Gasteiger partial charge is 0.254 e. The Bertz CT molecular complexity index is 717. The molecule has 7 nitrogen and oxygen atoms in total. The third kappa shape index (κ3) is 5.20. The molecule has 1 heterocycles. The van der Waals surface area contributed by atoms with E-state index in [0.717, 1.165) is 5.56 Å². The number of anilines is 1. The second-order valence-electron chi connectivity index (χ2n) is 5.16. The number of hydrogen-bond acceptors (Lipinski definition) is 6. The van der Waals surface area contributed by atoms with Gasteiger partial charge in [0.25, 0.3) is 5.91 Å². The van der Waals surface area contributed by atoms with Gasteiger partial charge in [-0.1, -0.05) is 12.1 Å². The van der Waals surface area contributed by atoms with E-state index in [1.807, 2.05) is 18.2 Å². The maximum absolute atomic E-state index is 12.1. The van der Waals surface area contributed by atoms with Crippen LogP contribution in [-0.2, 0) is 6.42 Å². The van der Waals surface area contributed by atoms with E-state index in [0.29, 0.717) is 42.5 Å². The molecule has 0 spiro atoms. The summed E-state index contributed by atoms with van der Waals surface area (Å²) in [7, 11) is 3.19. The Hall–Kier alpha value is -3.09. The van der Waals surface area contributed by atoms with Crippen LogP contribution in [0.2, 0.25) is 0 Å². The van der Waals surface area contributed by atoms with E-state index in [1.54, 1.807) is 20.3 Å². The lowest BCUT2D eigenvalue weighted by atomic mass is 10.1. The fourth-order valence-electron chi connectivity index (χ4n) is 2.16. The molecule has 0 aliphatic heterocycles. The first kappa shape index (κ1) is 18.3. The standard InChI is InChI=1S/C18H22N4O3/c1-4-8-20-18-21-11-14(12-22-18)17(23)19-9-7-13-5-6-15(24-2)16(10-13)25-3/h4-6,10-12H,1,7-9H2,2-3H3,(H,19,23)(H,20,21,22). The third-order valence-electron chi connectivity index (χ3n) is 3.47. The van der Waals surface area contributed by atoms with Gasteiger partial charge < -0.3 is 20.1 Å². The Morgan fingerprint density at radius 3 is 2.56 bits per heavy atom. The maximum Gasteiger partial charge on any atom is 0.254 e. The van der Waals surface area contributed by atoms with Gasteiger partial charge in [0.2, 0.25) is 5.95 Å². The molecule has 2 aromatic rings. The normalized spacial score (nSPS) is 10.0. The summed E-state index contributed by atoms with van der Waals surface area (Å²) < 4.78 is 10.5. The molecule has 0 bridgehead atoms. The Morgan fingerprint density at radius 2 is 1.92 bits per heavy atom. The molecule has 1 aromatic heterocycles. The lowest BCUT2D eigenvalue weighted by molar-refractivity contribution is 0.0953. The van der Waals surface area contributed by atoms with E-state index in [2.05, 4.69) is 27.2 Å². The molecule has 0 fully saturated rings. The predicted octanol–water partition coefficient (Wildman–Crippen LogP) is 2.06. The van der Waals surface area contributed by atoms with Gasteiger partial charge >= 0.3 is 0 Å². The largest absolute Gasteiger partial charge is 0.493 e. The molecule has 7 heteroatoms. The minimum Gasteiger partial charge on any atom is -0.493 e. The summed E-state index contributed by atoms with van der Waals surface area (Å²) in [4.78, 5) is 20.3. The lowest BCUT2D eigenvalue weighted by Crippen LogP contribution is -2.26. The van der Waals surface area contributed by atoms with Crippen molar-refractivity contribution in [3.8, 4) is 11.5 Å². The number of hydrogen-bond donors (Lipinski definition) is 2. The molecule has 0 aliphatic carbocycles. The van der Waals surface area contributed by atoms with Gasteiger partial charge in [-0.05, 0) is 24.1 Å². The van der Waals surface area contributed by atoms with Crippen molar-refractivity contribution in [2.24, 2.45) is 0 Å². The number of nitrogens with zero attached hydrogens (tertiary/aromatic N) is 2. The van der Waals surface area contributed by atoms with Gasteiger partial charge in [0.1, 0.15) is 0 Å². The minimum absolute atomic E-state index is 0.212. The molecule has 0 atom stereocenters. The Balaban J connectivity index is 1.86. The topological polar surface area (TPSA) is 85.4 Å². The van der Waals surface area contributed by atoms with Crippen LogP contribution in [0.5, 0.6) is 11.5 Å². The van der Waals surface area contributed by atoms with E-state index in [4.69, 9.17) is 9.47 Å². The molecule has 0 saturated carbocycles. The summed E-state index contributed by atoms with van der Waals surface area (Å²) in [5.41, 5.74) is 1.45. The summed E-state index contributed by atoms with van der Waals surface area (Å²) in [6.45, 7) is 4.66. The van der Waals surface area contributed by atoms with Gasteiger partial charge in [0.15, 0.2) is 11.5 Å². The molecule has 0 saturated heterocycles. The van der Waals surface area contributed by atoms with Gasteiger partial charge in [-0.3, -0.25) is 4.79 Å². The molecule has 132 valence electrons. The van der Waals surface area contributed by atoms with Crippen molar-refractivity contribution in [3.05, 3.63) is 54.4 Å². The van der Waals surface area contributed by atoms with Crippen LogP contribution in [0.1, 0.15) is 15.9 Å². The monoisotopic (exact) mass is 342 g/mol. The zero-order valence-electron chi connectivity index (χ0n) is 14.4. The average Bonchev–Trinajstić information content (AvgIpc) is 2.66. The van der Waals surface area contributed by atoms with Crippen LogP contribution in [-0.4, -0.2) is 43.2 Å². The minimum atomic E-state index is -0.212. The zero-order valence-corrected chi connectivity index (χ0v) is 14.4. The van der Waals surface area contributed by atoms with E-state index < -0.39 is 0 Å². The number of ether oxygens (including phenoxy) is 2. The van der Waals surface area contributed by atoms with Gasteiger partial charge in [0, 0.05) is 25.5 Å². The number of nitrogens with one attached hydrogen (secondary N) is 2. The van der Waals surface area contributed by atoms with Crippen molar-refractivity contribution in [1.29, 1.82) is 0 Å². The highest BCUT2D eigenvalue weighted by atomic mass is 16.5. The van der Waals surface area contributed by atoms with Crippen LogP contribution in [0, 0.1) is 0 Å². The highest BCUT2D eigenvalue weighted by Gasteiger charge is 2.08. The number of carbonyl (C=O) groups is 1. The van der Waals surface area contributed by atoms with Crippen LogP contribution in [0.25, 0.3) is 0 Å². The van der Waals surface area contributed by atoms with Crippen LogP contribution in [0.3, 0.4) is 0 Å². The first-order valence-electron chi connectivity index (χ1n) is 7.84. The van der Waals surface area contributed by atoms with Gasteiger partial charge in [-0.2, -0.15) is 0 Å². The number of amides is 1. The van der Waals surface area contributed by atoms with Crippen LogP contribution in [0.4, 0.5) is 5.95 Å². The number of aromatic nitrogens is 2. The molecule has 0 aliphatic rings. The fourth-order valence-corrected chi connectivity index (χ4v) is 2.16. The molecule has 0 unspecified atom stereocenters. The molecule has 1 aromatic carbocycles. The number of benzene rings is 1. The summed E-state index contributed by atoms with van der Waals surface area (Å²) >= 11 is 0. The van der Waals surface area contributed by atoms with Crippen LogP contribution >= 0.6 is 0 Å². The Morgan fingerprint density at radius 1 is 1.20 bits per heavy atom. The second-order valence-corrected chi connectivity index (χ2v) is 5.16. The molecule has 1 amide bonds. The highest BCUT2D eigenvalue weighted by Crippen LogP contribution is 2.27.